The Hall–Kier alpha value is -1.31. The van der Waals surface area contributed by atoms with Crippen LogP contribution in [0.5, 0.6) is 0 Å². The van der Waals surface area contributed by atoms with Crippen LogP contribution in [0.3, 0.4) is 0 Å². The van der Waals surface area contributed by atoms with E-state index in [-0.39, 0.29) is 12.2 Å². The molecule has 0 saturated heterocycles. The second kappa shape index (κ2) is 9.59. The van der Waals surface area contributed by atoms with Gasteiger partial charge < -0.3 is 15.7 Å². The molecule has 0 aliphatic heterocycles. The zero-order chi connectivity index (χ0) is 16.5. The Morgan fingerprint density at radius 1 is 1.14 bits per heavy atom. The summed E-state index contributed by atoms with van der Waals surface area (Å²) in [6.07, 6.45) is 3.78. The molecule has 0 aliphatic rings. The molecule has 1 atom stereocenters. The molecule has 124 valence electrons. The van der Waals surface area contributed by atoms with Crippen LogP contribution in [0.1, 0.15) is 39.5 Å². The van der Waals surface area contributed by atoms with Crippen molar-refractivity contribution < 1.29 is 23.1 Å². The quantitative estimate of drug-likeness (QED) is 0.519. The number of aliphatic carboxylic acids is 1. The minimum absolute atomic E-state index is 0.144. The van der Waals surface area contributed by atoms with Crippen molar-refractivity contribution in [3.63, 3.8) is 0 Å². The number of urea groups is 1. The first kappa shape index (κ1) is 19.7. The summed E-state index contributed by atoms with van der Waals surface area (Å²) >= 11 is 0. The largest absolute Gasteiger partial charge is 0.480 e. The highest BCUT2D eigenvalue weighted by atomic mass is 32.2. The molecular formula is C13H26N2O5S. The Bertz CT molecular complexity index is 434. The fourth-order valence-electron chi connectivity index (χ4n) is 1.68. The van der Waals surface area contributed by atoms with Crippen LogP contribution in [0.2, 0.25) is 0 Å². The lowest BCUT2D eigenvalue weighted by atomic mass is 10.1. The van der Waals surface area contributed by atoms with Gasteiger partial charge in [-0.3, -0.25) is 0 Å². The number of carbonyl (C=O) groups excluding carboxylic acids is 1. The first-order chi connectivity index (χ1) is 9.61. The van der Waals surface area contributed by atoms with Gasteiger partial charge in [-0.25, -0.2) is 18.0 Å². The van der Waals surface area contributed by atoms with Crippen molar-refractivity contribution in [1.82, 2.24) is 10.6 Å². The zero-order valence-corrected chi connectivity index (χ0v) is 13.7. The molecule has 0 saturated carbocycles. The molecule has 21 heavy (non-hydrogen) atoms. The van der Waals surface area contributed by atoms with Crippen LogP contribution in [0.25, 0.3) is 0 Å². The number of carboxylic acid groups (broad SMARTS) is 1. The molecule has 0 spiro atoms. The SMILES string of the molecule is CC(C)CCCCNC(=O)NC(CCS(C)(=O)=O)C(=O)O. The van der Waals surface area contributed by atoms with E-state index in [9.17, 15) is 18.0 Å². The van der Waals surface area contributed by atoms with Gasteiger partial charge >= 0.3 is 12.0 Å². The second-order valence-electron chi connectivity index (χ2n) is 5.60. The monoisotopic (exact) mass is 322 g/mol. The fraction of sp³-hybridized carbons (Fsp3) is 0.846. The van der Waals surface area contributed by atoms with Gasteiger partial charge in [0.25, 0.3) is 0 Å². The maximum atomic E-state index is 11.5. The van der Waals surface area contributed by atoms with Gasteiger partial charge in [-0.05, 0) is 18.8 Å². The van der Waals surface area contributed by atoms with Crippen LogP contribution in [0.4, 0.5) is 4.79 Å². The molecular weight excluding hydrogens is 296 g/mol. The third kappa shape index (κ3) is 12.2. The average molecular weight is 322 g/mol. The second-order valence-corrected chi connectivity index (χ2v) is 7.86. The summed E-state index contributed by atoms with van der Waals surface area (Å²) < 4.78 is 22.0. The summed E-state index contributed by atoms with van der Waals surface area (Å²) in [5.41, 5.74) is 0. The van der Waals surface area contributed by atoms with Gasteiger partial charge in [0, 0.05) is 12.8 Å². The number of nitrogens with one attached hydrogen (secondary N) is 2. The first-order valence-electron chi connectivity index (χ1n) is 7.06. The van der Waals surface area contributed by atoms with Crippen LogP contribution in [0.15, 0.2) is 0 Å². The molecule has 2 amide bonds. The Balaban J connectivity index is 4.04. The summed E-state index contributed by atoms with van der Waals surface area (Å²) in [7, 11) is -3.26. The first-order valence-corrected chi connectivity index (χ1v) is 9.12. The van der Waals surface area contributed by atoms with E-state index >= 15 is 0 Å². The van der Waals surface area contributed by atoms with E-state index in [2.05, 4.69) is 24.5 Å². The maximum absolute atomic E-state index is 11.5. The summed E-state index contributed by atoms with van der Waals surface area (Å²) in [5.74, 6) is -0.904. The molecule has 0 aromatic carbocycles. The van der Waals surface area contributed by atoms with Crippen molar-refractivity contribution in [2.45, 2.75) is 45.6 Å². The van der Waals surface area contributed by atoms with Gasteiger partial charge in [0.15, 0.2) is 0 Å². The van der Waals surface area contributed by atoms with Crippen molar-refractivity contribution in [3.05, 3.63) is 0 Å². The number of carbonyl (C=O) groups is 2. The van der Waals surface area contributed by atoms with Crippen LogP contribution >= 0.6 is 0 Å². The molecule has 7 nitrogen and oxygen atoms in total. The van der Waals surface area contributed by atoms with Gasteiger partial charge in [-0.15, -0.1) is 0 Å². The third-order valence-electron chi connectivity index (χ3n) is 2.87. The van der Waals surface area contributed by atoms with Gasteiger partial charge in [0.1, 0.15) is 15.9 Å². The predicted molar refractivity (Wildman–Crippen MR) is 81.0 cm³/mol. The molecule has 0 aromatic rings. The summed E-state index contributed by atoms with van der Waals surface area (Å²) in [6, 6.07) is -1.78. The van der Waals surface area contributed by atoms with E-state index in [0.717, 1.165) is 25.5 Å². The minimum atomic E-state index is -3.26. The lowest BCUT2D eigenvalue weighted by Crippen LogP contribution is -2.46. The highest BCUT2D eigenvalue weighted by Crippen LogP contribution is 2.05. The lowest BCUT2D eigenvalue weighted by molar-refractivity contribution is -0.139. The molecule has 1 unspecified atom stereocenters. The van der Waals surface area contributed by atoms with Crippen LogP contribution < -0.4 is 10.6 Å². The third-order valence-corrected chi connectivity index (χ3v) is 3.85. The Kier molecular flexibility index (Phi) is 9.00. The van der Waals surface area contributed by atoms with Crippen LogP contribution in [-0.2, 0) is 14.6 Å². The Morgan fingerprint density at radius 2 is 1.76 bits per heavy atom. The van der Waals surface area contributed by atoms with E-state index in [1.807, 2.05) is 0 Å². The van der Waals surface area contributed by atoms with E-state index in [1.54, 1.807) is 0 Å². The van der Waals surface area contributed by atoms with Crippen LogP contribution in [0, 0.1) is 5.92 Å². The summed E-state index contributed by atoms with van der Waals surface area (Å²) in [5, 5.41) is 13.8. The number of hydrogen-bond donors (Lipinski definition) is 3. The average Bonchev–Trinajstić information content (AvgIpc) is 2.32. The number of unbranched alkanes of at least 4 members (excludes halogenated alkanes) is 1. The van der Waals surface area contributed by atoms with Crippen LogP contribution in [-0.4, -0.2) is 50.1 Å². The highest BCUT2D eigenvalue weighted by Gasteiger charge is 2.21. The van der Waals surface area contributed by atoms with Gasteiger partial charge in [0.2, 0.25) is 0 Å². The summed E-state index contributed by atoms with van der Waals surface area (Å²) in [4.78, 5) is 22.5. The lowest BCUT2D eigenvalue weighted by Gasteiger charge is -2.14. The van der Waals surface area contributed by atoms with Gasteiger partial charge in [-0.1, -0.05) is 26.7 Å². The number of rotatable bonds is 10. The Morgan fingerprint density at radius 3 is 2.24 bits per heavy atom. The van der Waals surface area contributed by atoms with E-state index in [0.29, 0.717) is 12.5 Å². The number of hydrogen-bond acceptors (Lipinski definition) is 4. The van der Waals surface area contributed by atoms with E-state index in [4.69, 9.17) is 5.11 Å². The molecule has 0 fully saturated rings. The minimum Gasteiger partial charge on any atom is -0.480 e. The molecule has 8 heteroatoms. The van der Waals surface area contributed by atoms with Crippen molar-refractivity contribution in [2.24, 2.45) is 5.92 Å². The van der Waals surface area contributed by atoms with E-state index in [1.165, 1.54) is 0 Å². The number of carboxylic acids is 1. The highest BCUT2D eigenvalue weighted by molar-refractivity contribution is 7.90. The normalized spacial score (nSPS) is 13.0. The van der Waals surface area contributed by atoms with Crippen molar-refractivity contribution in [2.75, 3.05) is 18.6 Å². The molecule has 0 aromatic heterocycles. The zero-order valence-electron chi connectivity index (χ0n) is 12.9. The maximum Gasteiger partial charge on any atom is 0.326 e. The molecule has 0 bridgehead atoms. The topological polar surface area (TPSA) is 113 Å². The fourth-order valence-corrected chi connectivity index (χ4v) is 2.34. The number of amides is 2. The number of sulfone groups is 1. The predicted octanol–water partition coefficient (Wildman–Crippen LogP) is 1.000. The molecule has 3 N–H and O–H groups in total. The van der Waals surface area contributed by atoms with Gasteiger partial charge in [0.05, 0.1) is 5.75 Å². The summed E-state index contributed by atoms with van der Waals surface area (Å²) in [6.45, 7) is 4.72. The molecule has 0 radical (unpaired) electrons. The van der Waals surface area contributed by atoms with Crippen molar-refractivity contribution in [1.29, 1.82) is 0 Å². The van der Waals surface area contributed by atoms with Crippen molar-refractivity contribution in [3.8, 4) is 0 Å². The molecule has 0 aliphatic carbocycles. The Labute approximate surface area is 126 Å². The standard InChI is InChI=1S/C13H26N2O5S/c1-10(2)6-4-5-8-14-13(18)15-11(12(16)17)7-9-21(3,19)20/h10-11H,4-9H2,1-3H3,(H,16,17)(H2,14,15,18). The van der Waals surface area contributed by atoms with Crippen molar-refractivity contribution >= 4 is 21.8 Å². The van der Waals surface area contributed by atoms with Gasteiger partial charge in [-0.2, -0.15) is 0 Å². The molecule has 0 heterocycles. The smallest absolute Gasteiger partial charge is 0.326 e. The molecule has 0 rings (SSSR count). The van der Waals surface area contributed by atoms with E-state index < -0.39 is 27.9 Å².